The Bertz CT molecular complexity index is 370. The summed E-state index contributed by atoms with van der Waals surface area (Å²) < 4.78 is 12.6. The molecule has 0 radical (unpaired) electrons. The van der Waals surface area contributed by atoms with E-state index in [1.54, 1.807) is 7.11 Å². The van der Waals surface area contributed by atoms with E-state index in [2.05, 4.69) is 37.2 Å². The van der Waals surface area contributed by atoms with E-state index in [9.17, 15) is 0 Å². The van der Waals surface area contributed by atoms with Crippen molar-refractivity contribution >= 4 is 37.5 Å². The second-order valence-corrected chi connectivity index (χ2v) is 5.52. The summed E-state index contributed by atoms with van der Waals surface area (Å²) in [5.74, 6) is 0.806. The Labute approximate surface area is 119 Å². The summed E-state index contributed by atoms with van der Waals surface area (Å²) in [6.45, 7) is 5.50. The third kappa shape index (κ3) is 4.85. The van der Waals surface area contributed by atoms with Gasteiger partial charge in [0, 0.05) is 17.1 Å². The van der Waals surface area contributed by atoms with Crippen LogP contribution in [0.15, 0.2) is 21.1 Å². The molecule has 5 heteroatoms. The van der Waals surface area contributed by atoms with Crippen molar-refractivity contribution in [1.82, 2.24) is 0 Å². The summed E-state index contributed by atoms with van der Waals surface area (Å²) >= 11 is 6.94. The molecule has 0 bridgehead atoms. The number of rotatable bonds is 6. The highest BCUT2D eigenvalue weighted by molar-refractivity contribution is 9.11. The van der Waals surface area contributed by atoms with Gasteiger partial charge in [-0.3, -0.25) is 0 Å². The predicted octanol–water partition coefficient (Wildman–Crippen LogP) is 4.06. The number of nitrogens with one attached hydrogen (secondary N) is 1. The number of benzene rings is 1. The molecule has 0 aromatic heterocycles. The van der Waals surface area contributed by atoms with Crippen molar-refractivity contribution < 1.29 is 9.47 Å². The molecule has 0 fully saturated rings. The van der Waals surface area contributed by atoms with E-state index in [1.807, 2.05) is 26.0 Å². The van der Waals surface area contributed by atoms with E-state index in [0.717, 1.165) is 26.9 Å². The average molecular weight is 367 g/mol. The van der Waals surface area contributed by atoms with Gasteiger partial charge >= 0.3 is 0 Å². The fourth-order valence-electron chi connectivity index (χ4n) is 1.30. The van der Waals surface area contributed by atoms with Crippen molar-refractivity contribution in [1.29, 1.82) is 0 Å². The second kappa shape index (κ2) is 7.24. The standard InChI is InChI=1S/C12H17Br2NO2/c1-8(2)17-5-4-15-11-7-12(16-3)10(14)6-9(11)13/h6-8,15H,4-5H2,1-3H3. The molecule has 1 rings (SSSR count). The van der Waals surface area contributed by atoms with E-state index in [1.165, 1.54) is 0 Å². The van der Waals surface area contributed by atoms with Gasteiger partial charge in [-0.05, 0) is 51.8 Å². The molecule has 0 aliphatic carbocycles. The lowest BCUT2D eigenvalue weighted by Gasteiger charge is -2.13. The van der Waals surface area contributed by atoms with Gasteiger partial charge in [-0.1, -0.05) is 0 Å². The molecule has 0 saturated heterocycles. The Morgan fingerprint density at radius 2 is 1.94 bits per heavy atom. The van der Waals surface area contributed by atoms with Gasteiger partial charge in [0.2, 0.25) is 0 Å². The topological polar surface area (TPSA) is 30.5 Å². The smallest absolute Gasteiger partial charge is 0.135 e. The van der Waals surface area contributed by atoms with E-state index in [-0.39, 0.29) is 6.10 Å². The second-order valence-electron chi connectivity index (χ2n) is 3.81. The van der Waals surface area contributed by atoms with Crippen LogP contribution in [-0.2, 0) is 4.74 Å². The maximum Gasteiger partial charge on any atom is 0.135 e. The molecule has 0 unspecified atom stereocenters. The van der Waals surface area contributed by atoms with Crippen LogP contribution in [0, 0.1) is 0 Å². The zero-order valence-electron chi connectivity index (χ0n) is 10.2. The van der Waals surface area contributed by atoms with Crippen LogP contribution in [0.2, 0.25) is 0 Å². The van der Waals surface area contributed by atoms with Crippen LogP contribution in [0.3, 0.4) is 0 Å². The number of hydrogen-bond donors (Lipinski definition) is 1. The first-order valence-corrected chi connectivity index (χ1v) is 7.01. The van der Waals surface area contributed by atoms with Crippen LogP contribution in [-0.4, -0.2) is 26.4 Å². The van der Waals surface area contributed by atoms with Crippen molar-refractivity contribution in [2.45, 2.75) is 20.0 Å². The molecule has 17 heavy (non-hydrogen) atoms. The first-order valence-electron chi connectivity index (χ1n) is 5.43. The molecular formula is C12H17Br2NO2. The lowest BCUT2D eigenvalue weighted by atomic mass is 10.3. The Morgan fingerprint density at radius 1 is 1.24 bits per heavy atom. The monoisotopic (exact) mass is 365 g/mol. The summed E-state index contributed by atoms with van der Waals surface area (Å²) in [7, 11) is 1.65. The lowest BCUT2D eigenvalue weighted by molar-refractivity contribution is 0.0870. The highest BCUT2D eigenvalue weighted by Crippen LogP contribution is 2.34. The average Bonchev–Trinajstić information content (AvgIpc) is 2.26. The summed E-state index contributed by atoms with van der Waals surface area (Å²) in [6, 6.07) is 3.91. The SMILES string of the molecule is COc1cc(NCCOC(C)C)c(Br)cc1Br. The van der Waals surface area contributed by atoms with Gasteiger partial charge in [0.05, 0.1) is 30.0 Å². The van der Waals surface area contributed by atoms with Gasteiger partial charge in [-0.15, -0.1) is 0 Å². The Hall–Kier alpha value is -0.260. The van der Waals surface area contributed by atoms with Crippen molar-refractivity contribution in [3.63, 3.8) is 0 Å². The zero-order chi connectivity index (χ0) is 12.8. The van der Waals surface area contributed by atoms with Gasteiger partial charge in [0.1, 0.15) is 5.75 Å². The third-order valence-corrected chi connectivity index (χ3v) is 3.39. The van der Waals surface area contributed by atoms with Gasteiger partial charge in [0.15, 0.2) is 0 Å². The molecule has 0 saturated carbocycles. The number of ether oxygens (including phenoxy) is 2. The highest BCUT2D eigenvalue weighted by atomic mass is 79.9. The van der Waals surface area contributed by atoms with E-state index >= 15 is 0 Å². The normalized spacial score (nSPS) is 10.7. The summed E-state index contributed by atoms with van der Waals surface area (Å²) in [5, 5.41) is 3.30. The highest BCUT2D eigenvalue weighted by Gasteiger charge is 2.06. The van der Waals surface area contributed by atoms with Gasteiger partial charge in [-0.25, -0.2) is 0 Å². The van der Waals surface area contributed by atoms with E-state index in [0.29, 0.717) is 6.61 Å². The largest absolute Gasteiger partial charge is 0.495 e. The zero-order valence-corrected chi connectivity index (χ0v) is 13.4. The fourth-order valence-corrected chi connectivity index (χ4v) is 2.60. The summed E-state index contributed by atoms with van der Waals surface area (Å²) in [4.78, 5) is 0. The molecule has 0 atom stereocenters. The lowest BCUT2D eigenvalue weighted by Crippen LogP contribution is -2.13. The molecule has 1 N–H and O–H groups in total. The van der Waals surface area contributed by atoms with E-state index in [4.69, 9.17) is 9.47 Å². The Morgan fingerprint density at radius 3 is 2.53 bits per heavy atom. The molecule has 1 aromatic carbocycles. The van der Waals surface area contributed by atoms with E-state index < -0.39 is 0 Å². The summed E-state index contributed by atoms with van der Waals surface area (Å²) in [6.07, 6.45) is 0.264. The van der Waals surface area contributed by atoms with Crippen LogP contribution in [0.4, 0.5) is 5.69 Å². The number of halogens is 2. The molecule has 0 spiro atoms. The van der Waals surface area contributed by atoms with Crippen LogP contribution in [0.25, 0.3) is 0 Å². The van der Waals surface area contributed by atoms with Crippen molar-refractivity contribution in [3.05, 3.63) is 21.1 Å². The van der Waals surface area contributed by atoms with Crippen molar-refractivity contribution in [2.24, 2.45) is 0 Å². The molecule has 96 valence electrons. The first kappa shape index (κ1) is 14.8. The predicted molar refractivity (Wildman–Crippen MR) is 78.0 cm³/mol. The molecule has 0 heterocycles. The fraction of sp³-hybridized carbons (Fsp3) is 0.500. The van der Waals surface area contributed by atoms with Gasteiger partial charge < -0.3 is 14.8 Å². The molecule has 0 aliphatic rings. The summed E-state index contributed by atoms with van der Waals surface area (Å²) in [5.41, 5.74) is 0.998. The number of anilines is 1. The molecule has 3 nitrogen and oxygen atoms in total. The number of methoxy groups -OCH3 is 1. The maximum absolute atomic E-state index is 5.47. The Balaban J connectivity index is 2.58. The minimum absolute atomic E-state index is 0.264. The maximum atomic E-state index is 5.47. The molecule has 1 aromatic rings. The quantitative estimate of drug-likeness (QED) is 0.770. The van der Waals surface area contributed by atoms with Crippen LogP contribution in [0.1, 0.15) is 13.8 Å². The van der Waals surface area contributed by atoms with Gasteiger partial charge in [0.25, 0.3) is 0 Å². The number of hydrogen-bond acceptors (Lipinski definition) is 3. The van der Waals surface area contributed by atoms with Crippen molar-refractivity contribution in [3.8, 4) is 5.75 Å². The third-order valence-electron chi connectivity index (χ3n) is 2.11. The van der Waals surface area contributed by atoms with Crippen LogP contribution in [0.5, 0.6) is 5.75 Å². The Kier molecular flexibility index (Phi) is 6.30. The minimum atomic E-state index is 0.264. The van der Waals surface area contributed by atoms with Crippen molar-refractivity contribution in [2.75, 3.05) is 25.6 Å². The first-order chi connectivity index (χ1) is 8.04. The molecule has 0 amide bonds. The van der Waals surface area contributed by atoms with Crippen LogP contribution < -0.4 is 10.1 Å². The van der Waals surface area contributed by atoms with Gasteiger partial charge in [-0.2, -0.15) is 0 Å². The molecular weight excluding hydrogens is 350 g/mol. The molecule has 0 aliphatic heterocycles. The minimum Gasteiger partial charge on any atom is -0.495 e. The van der Waals surface area contributed by atoms with Crippen LogP contribution >= 0.6 is 31.9 Å².